The van der Waals surface area contributed by atoms with Gasteiger partial charge in [-0.1, -0.05) is 29.8 Å². The molecule has 150 valence electrons. The molecule has 7 nitrogen and oxygen atoms in total. The number of carbonyl (C=O) groups is 2. The lowest BCUT2D eigenvalue weighted by atomic mass is 10.0. The molecule has 0 aromatic heterocycles. The second-order valence-corrected chi connectivity index (χ2v) is 10.3. The number of carbonyl (C=O) groups excluding carboxylic acids is 2. The lowest BCUT2D eigenvalue weighted by molar-refractivity contribution is -0.133. The zero-order chi connectivity index (χ0) is 19.9. The van der Waals surface area contributed by atoms with Crippen LogP contribution in [0, 0.1) is 12.8 Å². The van der Waals surface area contributed by atoms with Crippen LogP contribution >= 0.6 is 0 Å². The number of rotatable bonds is 5. The van der Waals surface area contributed by atoms with Crippen molar-refractivity contribution in [2.75, 3.05) is 11.5 Å². The van der Waals surface area contributed by atoms with Gasteiger partial charge in [0.1, 0.15) is 5.71 Å². The number of benzene rings is 1. The van der Waals surface area contributed by atoms with Crippen LogP contribution in [0.5, 0.6) is 0 Å². The van der Waals surface area contributed by atoms with Crippen molar-refractivity contribution in [3.63, 3.8) is 0 Å². The molecule has 1 saturated heterocycles. The van der Waals surface area contributed by atoms with Gasteiger partial charge in [0, 0.05) is 12.8 Å². The van der Waals surface area contributed by atoms with Crippen LogP contribution in [0.15, 0.2) is 29.4 Å². The minimum atomic E-state index is -3.13. The van der Waals surface area contributed by atoms with Crippen LogP contribution in [0.25, 0.3) is 0 Å². The Labute approximate surface area is 165 Å². The van der Waals surface area contributed by atoms with Gasteiger partial charge in [0.05, 0.1) is 23.6 Å². The Morgan fingerprint density at radius 1 is 1.18 bits per heavy atom. The molecule has 1 aromatic carbocycles. The van der Waals surface area contributed by atoms with Crippen molar-refractivity contribution in [3.05, 3.63) is 35.4 Å². The van der Waals surface area contributed by atoms with Crippen LogP contribution in [-0.2, 0) is 19.4 Å². The van der Waals surface area contributed by atoms with Crippen molar-refractivity contribution in [1.29, 1.82) is 0 Å². The zero-order valence-electron chi connectivity index (χ0n) is 15.9. The summed E-state index contributed by atoms with van der Waals surface area (Å²) in [4.78, 5) is 25.1. The second-order valence-electron chi connectivity index (χ2n) is 8.04. The Balaban J connectivity index is 1.50. The molecule has 2 aliphatic heterocycles. The molecule has 1 aromatic rings. The van der Waals surface area contributed by atoms with E-state index in [1.807, 2.05) is 31.2 Å². The van der Waals surface area contributed by atoms with Gasteiger partial charge in [-0.3, -0.25) is 9.59 Å². The number of nitrogens with zero attached hydrogens (tertiary/aromatic N) is 2. The average Bonchev–Trinajstić information content (AvgIpc) is 3.43. The van der Waals surface area contributed by atoms with Crippen LogP contribution in [0.3, 0.4) is 0 Å². The monoisotopic (exact) mass is 403 g/mol. The van der Waals surface area contributed by atoms with E-state index in [4.69, 9.17) is 0 Å². The summed E-state index contributed by atoms with van der Waals surface area (Å²) in [5.41, 5.74) is 2.55. The fourth-order valence-electron chi connectivity index (χ4n) is 3.89. The van der Waals surface area contributed by atoms with Crippen LogP contribution in [0.2, 0.25) is 0 Å². The highest BCUT2D eigenvalue weighted by atomic mass is 32.2. The van der Waals surface area contributed by atoms with Gasteiger partial charge >= 0.3 is 0 Å². The van der Waals surface area contributed by atoms with Crippen LogP contribution in [-0.4, -0.2) is 48.5 Å². The third-order valence-electron chi connectivity index (χ3n) is 5.69. The lowest BCUT2D eigenvalue weighted by Gasteiger charge is -2.28. The molecule has 1 N–H and O–H groups in total. The van der Waals surface area contributed by atoms with E-state index in [0.717, 1.165) is 18.4 Å². The number of hydrogen-bond acceptors (Lipinski definition) is 5. The van der Waals surface area contributed by atoms with Crippen molar-refractivity contribution in [2.45, 2.75) is 51.1 Å². The first-order valence-electron chi connectivity index (χ1n) is 9.80. The fourth-order valence-corrected chi connectivity index (χ4v) is 5.58. The molecule has 28 heavy (non-hydrogen) atoms. The summed E-state index contributed by atoms with van der Waals surface area (Å²) >= 11 is 0. The molecular weight excluding hydrogens is 378 g/mol. The number of hydrogen-bond donors (Lipinski definition) is 1. The van der Waals surface area contributed by atoms with Gasteiger partial charge in [-0.05, 0) is 37.7 Å². The van der Waals surface area contributed by atoms with E-state index in [1.165, 1.54) is 10.6 Å². The zero-order valence-corrected chi connectivity index (χ0v) is 16.7. The molecule has 2 heterocycles. The second kappa shape index (κ2) is 7.31. The largest absolute Gasteiger partial charge is 0.344 e. The van der Waals surface area contributed by atoms with Gasteiger partial charge in [0.2, 0.25) is 5.91 Å². The molecule has 2 fully saturated rings. The first-order valence-corrected chi connectivity index (χ1v) is 11.6. The fraction of sp³-hybridized carbons (Fsp3) is 0.550. The third kappa shape index (κ3) is 4.11. The molecule has 3 aliphatic rings. The summed E-state index contributed by atoms with van der Waals surface area (Å²) in [6, 6.07) is 7.64. The molecule has 0 bridgehead atoms. The van der Waals surface area contributed by atoms with E-state index >= 15 is 0 Å². The van der Waals surface area contributed by atoms with Crippen molar-refractivity contribution < 1.29 is 18.0 Å². The molecule has 2 unspecified atom stereocenters. The Morgan fingerprint density at radius 2 is 1.89 bits per heavy atom. The van der Waals surface area contributed by atoms with Crippen LogP contribution < -0.4 is 5.32 Å². The van der Waals surface area contributed by atoms with E-state index in [-0.39, 0.29) is 42.2 Å². The number of amides is 2. The van der Waals surface area contributed by atoms with E-state index in [9.17, 15) is 18.0 Å². The van der Waals surface area contributed by atoms with Gasteiger partial charge < -0.3 is 5.32 Å². The van der Waals surface area contributed by atoms with Crippen molar-refractivity contribution in [3.8, 4) is 0 Å². The molecule has 8 heteroatoms. The minimum Gasteiger partial charge on any atom is -0.344 e. The SMILES string of the molecule is Cc1ccc(C(NC(=O)C2=NN(C3CCS(=O)(=O)C3)C(=O)CC2)C2CC2)cc1. The van der Waals surface area contributed by atoms with Crippen LogP contribution in [0.1, 0.15) is 49.3 Å². The summed E-state index contributed by atoms with van der Waals surface area (Å²) in [5.74, 6) is -0.0683. The molecule has 1 aliphatic carbocycles. The van der Waals surface area contributed by atoms with Crippen molar-refractivity contribution in [2.24, 2.45) is 11.0 Å². The summed E-state index contributed by atoms with van der Waals surface area (Å²) in [7, 11) is -3.13. The molecule has 4 rings (SSSR count). The van der Waals surface area contributed by atoms with Crippen molar-refractivity contribution in [1.82, 2.24) is 10.3 Å². The van der Waals surface area contributed by atoms with E-state index in [1.54, 1.807) is 0 Å². The normalized spacial score (nSPS) is 25.3. The maximum Gasteiger partial charge on any atom is 0.267 e. The Hall–Kier alpha value is -2.22. The molecule has 1 saturated carbocycles. The Morgan fingerprint density at radius 3 is 2.50 bits per heavy atom. The molecule has 0 radical (unpaired) electrons. The average molecular weight is 404 g/mol. The summed E-state index contributed by atoms with van der Waals surface area (Å²) < 4.78 is 23.5. The van der Waals surface area contributed by atoms with Gasteiger partial charge in [0.25, 0.3) is 5.91 Å². The van der Waals surface area contributed by atoms with Gasteiger partial charge in [-0.25, -0.2) is 13.4 Å². The summed E-state index contributed by atoms with van der Waals surface area (Å²) in [5, 5.41) is 8.61. The predicted molar refractivity (Wildman–Crippen MR) is 105 cm³/mol. The van der Waals surface area contributed by atoms with E-state index < -0.39 is 15.9 Å². The molecule has 2 amide bonds. The van der Waals surface area contributed by atoms with Gasteiger partial charge in [0.15, 0.2) is 9.84 Å². The first-order chi connectivity index (χ1) is 13.3. The molecule has 2 atom stereocenters. The maximum absolute atomic E-state index is 12.9. The van der Waals surface area contributed by atoms with E-state index in [0.29, 0.717) is 18.1 Å². The predicted octanol–water partition coefficient (Wildman–Crippen LogP) is 1.73. The highest BCUT2D eigenvalue weighted by Crippen LogP contribution is 2.41. The number of hydrazone groups is 1. The first kappa shape index (κ1) is 19.1. The Bertz CT molecular complexity index is 919. The third-order valence-corrected chi connectivity index (χ3v) is 7.44. The van der Waals surface area contributed by atoms with E-state index in [2.05, 4.69) is 10.4 Å². The van der Waals surface area contributed by atoms with Crippen LogP contribution in [0.4, 0.5) is 0 Å². The van der Waals surface area contributed by atoms with Gasteiger partial charge in [-0.2, -0.15) is 5.10 Å². The summed E-state index contributed by atoms with van der Waals surface area (Å²) in [6.07, 6.45) is 3.00. The smallest absolute Gasteiger partial charge is 0.267 e. The number of nitrogens with one attached hydrogen (secondary N) is 1. The van der Waals surface area contributed by atoms with Gasteiger partial charge in [-0.15, -0.1) is 0 Å². The quantitative estimate of drug-likeness (QED) is 0.810. The van der Waals surface area contributed by atoms with Crippen molar-refractivity contribution >= 4 is 27.4 Å². The maximum atomic E-state index is 12.9. The minimum absolute atomic E-state index is 0.0614. The topological polar surface area (TPSA) is 95.9 Å². The number of aryl methyl sites for hydroxylation is 1. The number of sulfone groups is 1. The Kier molecular flexibility index (Phi) is 4.99. The highest BCUT2D eigenvalue weighted by Gasteiger charge is 2.38. The molecule has 0 spiro atoms. The lowest BCUT2D eigenvalue weighted by Crippen LogP contribution is -2.44. The summed E-state index contributed by atoms with van der Waals surface area (Å²) in [6.45, 7) is 2.03. The highest BCUT2D eigenvalue weighted by molar-refractivity contribution is 7.91. The molecular formula is C20H25N3O4S. The standard InChI is InChI=1S/C20H25N3O4S/c1-13-2-4-14(5-3-13)19(15-6-7-15)21-20(25)17-8-9-18(24)23(22-17)16-10-11-28(26,27)12-16/h2-5,15-16,19H,6-12H2,1H3,(H,21,25).